The first-order valence-corrected chi connectivity index (χ1v) is 8.69. The van der Waals surface area contributed by atoms with Crippen LogP contribution in [0.2, 0.25) is 5.02 Å². The lowest BCUT2D eigenvalue weighted by Crippen LogP contribution is -2.43. The molecule has 1 N–H and O–H groups in total. The Morgan fingerprint density at radius 1 is 1.27 bits per heavy atom. The van der Waals surface area contributed by atoms with Crippen molar-refractivity contribution in [2.75, 3.05) is 20.7 Å². The number of carbonyl (C=O) groups is 1. The number of nitrogens with zero attached hydrogens (tertiary/aromatic N) is 1. The van der Waals surface area contributed by atoms with E-state index in [1.54, 1.807) is 19.2 Å². The molecule has 6 heteroatoms. The van der Waals surface area contributed by atoms with Gasteiger partial charge in [-0.3, -0.25) is 0 Å². The standard InChI is InChI=1S/C20H24ClFN2O2/c1-20(2,15-7-5-6-8-16(15)21)13-23-19(25)24(3)12-14-9-10-18(26-4)17(22)11-14/h5-11H,12-13H2,1-4H3,(H,23,25). The summed E-state index contributed by atoms with van der Waals surface area (Å²) in [5.41, 5.74) is 1.34. The van der Waals surface area contributed by atoms with Crippen LogP contribution in [0.15, 0.2) is 42.5 Å². The van der Waals surface area contributed by atoms with Crippen molar-refractivity contribution in [2.24, 2.45) is 0 Å². The molecule has 0 aromatic heterocycles. The maximum Gasteiger partial charge on any atom is 0.317 e. The Balaban J connectivity index is 1.96. The second-order valence-corrected chi connectivity index (χ2v) is 7.25. The van der Waals surface area contributed by atoms with E-state index in [1.165, 1.54) is 18.1 Å². The van der Waals surface area contributed by atoms with Crippen molar-refractivity contribution < 1.29 is 13.9 Å². The smallest absolute Gasteiger partial charge is 0.317 e. The highest BCUT2D eigenvalue weighted by Gasteiger charge is 2.24. The van der Waals surface area contributed by atoms with Crippen LogP contribution in [0.4, 0.5) is 9.18 Å². The van der Waals surface area contributed by atoms with E-state index in [9.17, 15) is 9.18 Å². The van der Waals surface area contributed by atoms with Crippen LogP contribution in [0.5, 0.6) is 5.75 Å². The average Bonchev–Trinajstić information content (AvgIpc) is 2.60. The molecule has 0 aliphatic heterocycles. The van der Waals surface area contributed by atoms with E-state index in [4.69, 9.17) is 16.3 Å². The van der Waals surface area contributed by atoms with Crippen molar-refractivity contribution in [3.05, 3.63) is 64.4 Å². The number of hydrogen-bond acceptors (Lipinski definition) is 2. The minimum atomic E-state index is -0.446. The van der Waals surface area contributed by atoms with E-state index >= 15 is 0 Å². The van der Waals surface area contributed by atoms with Gasteiger partial charge in [-0.2, -0.15) is 0 Å². The maximum absolute atomic E-state index is 13.8. The molecule has 2 aromatic carbocycles. The van der Waals surface area contributed by atoms with Gasteiger partial charge in [-0.1, -0.05) is 49.7 Å². The predicted molar refractivity (Wildman–Crippen MR) is 102 cm³/mol. The molecule has 0 unspecified atom stereocenters. The number of ether oxygens (including phenoxy) is 1. The third-order valence-electron chi connectivity index (χ3n) is 4.27. The summed E-state index contributed by atoms with van der Waals surface area (Å²) in [6.07, 6.45) is 0. The Kier molecular flexibility index (Phi) is 6.48. The molecular formula is C20H24ClFN2O2. The van der Waals surface area contributed by atoms with Gasteiger partial charge in [0.2, 0.25) is 0 Å². The molecule has 0 heterocycles. The first kappa shape index (κ1) is 20.0. The minimum absolute atomic E-state index is 0.183. The molecule has 0 atom stereocenters. The minimum Gasteiger partial charge on any atom is -0.494 e. The normalized spacial score (nSPS) is 11.2. The second kappa shape index (κ2) is 8.41. The number of nitrogens with one attached hydrogen (secondary N) is 1. The average molecular weight is 379 g/mol. The van der Waals surface area contributed by atoms with Gasteiger partial charge < -0.3 is 15.0 Å². The summed E-state index contributed by atoms with van der Waals surface area (Å²) in [6.45, 7) is 4.76. The van der Waals surface area contributed by atoms with Crippen molar-refractivity contribution in [1.29, 1.82) is 0 Å². The topological polar surface area (TPSA) is 41.6 Å². The third kappa shape index (κ3) is 4.88. The number of halogens is 2. The zero-order chi connectivity index (χ0) is 19.3. The molecule has 140 valence electrons. The molecule has 0 spiro atoms. The lowest BCUT2D eigenvalue weighted by Gasteiger charge is -2.28. The third-order valence-corrected chi connectivity index (χ3v) is 4.60. The van der Waals surface area contributed by atoms with Gasteiger partial charge in [-0.05, 0) is 29.3 Å². The molecule has 2 aromatic rings. The van der Waals surface area contributed by atoms with E-state index in [0.29, 0.717) is 23.7 Å². The molecule has 0 radical (unpaired) electrons. The quantitative estimate of drug-likeness (QED) is 0.797. The Labute approximate surface area is 158 Å². The molecule has 4 nitrogen and oxygen atoms in total. The largest absolute Gasteiger partial charge is 0.494 e. The number of amides is 2. The first-order chi connectivity index (χ1) is 12.2. The van der Waals surface area contributed by atoms with Crippen molar-refractivity contribution in [1.82, 2.24) is 10.2 Å². The molecule has 0 fully saturated rings. The molecule has 0 saturated carbocycles. The summed E-state index contributed by atoms with van der Waals surface area (Å²) in [6, 6.07) is 12.0. The van der Waals surface area contributed by atoms with E-state index in [2.05, 4.69) is 5.32 Å². The van der Waals surface area contributed by atoms with Crippen LogP contribution in [0.1, 0.15) is 25.0 Å². The Morgan fingerprint density at radius 3 is 2.58 bits per heavy atom. The van der Waals surface area contributed by atoms with Crippen LogP contribution in [-0.2, 0) is 12.0 Å². The van der Waals surface area contributed by atoms with Crippen LogP contribution in [0.3, 0.4) is 0 Å². The van der Waals surface area contributed by atoms with Crippen LogP contribution >= 0.6 is 11.6 Å². The Hall–Kier alpha value is -2.27. The van der Waals surface area contributed by atoms with Crippen LogP contribution in [0.25, 0.3) is 0 Å². The number of benzene rings is 2. The van der Waals surface area contributed by atoms with E-state index in [-0.39, 0.29) is 17.2 Å². The van der Waals surface area contributed by atoms with Gasteiger partial charge in [0, 0.05) is 30.6 Å². The van der Waals surface area contributed by atoms with Gasteiger partial charge in [-0.25, -0.2) is 9.18 Å². The van der Waals surface area contributed by atoms with Gasteiger partial charge in [0.1, 0.15) is 0 Å². The fourth-order valence-corrected chi connectivity index (χ4v) is 3.08. The molecule has 2 rings (SSSR count). The number of carbonyl (C=O) groups excluding carboxylic acids is 1. The van der Waals surface area contributed by atoms with Gasteiger partial charge in [0.05, 0.1) is 7.11 Å². The van der Waals surface area contributed by atoms with Crippen LogP contribution in [-0.4, -0.2) is 31.6 Å². The molecule has 0 aliphatic carbocycles. The molecular weight excluding hydrogens is 355 g/mol. The van der Waals surface area contributed by atoms with E-state index < -0.39 is 5.82 Å². The molecule has 0 aliphatic rings. The second-order valence-electron chi connectivity index (χ2n) is 6.85. The van der Waals surface area contributed by atoms with E-state index in [1.807, 2.05) is 38.1 Å². The molecule has 0 bridgehead atoms. The zero-order valence-electron chi connectivity index (χ0n) is 15.5. The maximum atomic E-state index is 13.8. The summed E-state index contributed by atoms with van der Waals surface area (Å²) < 4.78 is 18.7. The fraction of sp³-hybridized carbons (Fsp3) is 0.350. The Bertz CT molecular complexity index is 780. The monoisotopic (exact) mass is 378 g/mol. The number of hydrogen-bond donors (Lipinski definition) is 1. The highest BCUT2D eigenvalue weighted by atomic mass is 35.5. The first-order valence-electron chi connectivity index (χ1n) is 8.31. The zero-order valence-corrected chi connectivity index (χ0v) is 16.2. The summed E-state index contributed by atoms with van der Waals surface area (Å²) in [4.78, 5) is 13.9. The van der Waals surface area contributed by atoms with E-state index in [0.717, 1.165) is 5.56 Å². The summed E-state index contributed by atoms with van der Waals surface area (Å²) in [5, 5.41) is 3.59. The van der Waals surface area contributed by atoms with Crippen molar-refractivity contribution in [2.45, 2.75) is 25.8 Å². The van der Waals surface area contributed by atoms with Crippen molar-refractivity contribution >= 4 is 17.6 Å². The van der Waals surface area contributed by atoms with Crippen LogP contribution < -0.4 is 10.1 Å². The fourth-order valence-electron chi connectivity index (χ4n) is 2.69. The number of urea groups is 1. The summed E-state index contributed by atoms with van der Waals surface area (Å²) in [7, 11) is 3.08. The highest BCUT2D eigenvalue weighted by Crippen LogP contribution is 2.29. The van der Waals surface area contributed by atoms with Crippen LogP contribution in [0, 0.1) is 5.82 Å². The summed E-state index contributed by atoms with van der Waals surface area (Å²) in [5.74, 6) is -0.263. The Morgan fingerprint density at radius 2 is 1.96 bits per heavy atom. The summed E-state index contributed by atoms with van der Waals surface area (Å²) >= 11 is 6.26. The highest BCUT2D eigenvalue weighted by molar-refractivity contribution is 6.31. The SMILES string of the molecule is COc1ccc(CN(C)C(=O)NCC(C)(C)c2ccccc2Cl)cc1F. The van der Waals surface area contributed by atoms with Gasteiger partial charge >= 0.3 is 6.03 Å². The van der Waals surface area contributed by atoms with Crippen molar-refractivity contribution in [3.8, 4) is 5.75 Å². The molecule has 0 saturated heterocycles. The predicted octanol–water partition coefficient (Wildman–Crippen LogP) is 4.61. The lowest BCUT2D eigenvalue weighted by molar-refractivity contribution is 0.204. The molecule has 26 heavy (non-hydrogen) atoms. The van der Waals surface area contributed by atoms with Gasteiger partial charge in [0.25, 0.3) is 0 Å². The van der Waals surface area contributed by atoms with Gasteiger partial charge in [0.15, 0.2) is 11.6 Å². The molecule has 2 amide bonds. The number of methoxy groups -OCH3 is 1. The lowest BCUT2D eigenvalue weighted by atomic mass is 9.84. The van der Waals surface area contributed by atoms with Gasteiger partial charge in [-0.15, -0.1) is 0 Å². The van der Waals surface area contributed by atoms with Crippen molar-refractivity contribution in [3.63, 3.8) is 0 Å². The number of rotatable bonds is 6.